The normalized spacial score (nSPS) is 19.3. The molecule has 1 aliphatic rings. The Labute approximate surface area is 132 Å². The van der Waals surface area contributed by atoms with E-state index in [1.54, 1.807) is 12.1 Å². The fraction of sp³-hybridized carbons (Fsp3) is 0.417. The molecule has 1 aliphatic heterocycles. The minimum Gasteiger partial charge on any atom is -0.333 e. The molecule has 1 atom stereocenters. The van der Waals surface area contributed by atoms with E-state index in [0.717, 1.165) is 23.2 Å². The van der Waals surface area contributed by atoms with Crippen molar-refractivity contribution in [3.63, 3.8) is 0 Å². The van der Waals surface area contributed by atoms with Gasteiger partial charge in [0.2, 0.25) is 0 Å². The molecule has 2 rings (SSSR count). The molecule has 3 nitrogen and oxygen atoms in total. The Balaban J connectivity index is 0.00000162. The number of halogens is 3. The van der Waals surface area contributed by atoms with Gasteiger partial charge in [-0.1, -0.05) is 11.6 Å². The van der Waals surface area contributed by atoms with Crippen LogP contribution in [0.3, 0.4) is 0 Å². The quantitative estimate of drug-likeness (QED) is 0.735. The molecule has 0 spiro atoms. The number of carbonyl (C=O) groups excluding carboxylic acids is 1. The molecule has 100 valence electrons. The fourth-order valence-electron chi connectivity index (χ4n) is 1.94. The first-order chi connectivity index (χ1) is 8.09. The van der Waals surface area contributed by atoms with Gasteiger partial charge in [0.15, 0.2) is 0 Å². The Morgan fingerprint density at radius 1 is 1.56 bits per heavy atom. The van der Waals surface area contributed by atoms with Crippen molar-refractivity contribution in [1.29, 1.82) is 0 Å². The number of amides is 1. The first kappa shape index (κ1) is 16.0. The topological polar surface area (TPSA) is 32.3 Å². The van der Waals surface area contributed by atoms with Crippen LogP contribution in [0.4, 0.5) is 0 Å². The summed E-state index contributed by atoms with van der Waals surface area (Å²) in [5.74, 6) is 0.0913. The maximum absolute atomic E-state index is 12.3. The van der Waals surface area contributed by atoms with Gasteiger partial charge >= 0.3 is 0 Å². The van der Waals surface area contributed by atoms with Gasteiger partial charge in [-0.15, -0.1) is 12.4 Å². The van der Waals surface area contributed by atoms with Gasteiger partial charge in [0.25, 0.3) is 5.91 Å². The fourth-order valence-corrected chi connectivity index (χ4v) is 2.57. The van der Waals surface area contributed by atoms with Crippen LogP contribution in [0, 0.1) is 3.57 Å². The molecule has 6 heteroatoms. The van der Waals surface area contributed by atoms with E-state index in [4.69, 9.17) is 11.6 Å². The molecule has 1 saturated heterocycles. The second-order valence-electron chi connectivity index (χ2n) is 4.18. The molecule has 0 saturated carbocycles. The number of piperazine rings is 1. The molecule has 0 radical (unpaired) electrons. The predicted molar refractivity (Wildman–Crippen MR) is 84.8 cm³/mol. The zero-order valence-electron chi connectivity index (χ0n) is 9.95. The molecule has 1 aromatic carbocycles. The first-order valence-electron chi connectivity index (χ1n) is 5.56. The molecule has 18 heavy (non-hydrogen) atoms. The summed E-state index contributed by atoms with van der Waals surface area (Å²) in [5, 5.41) is 3.97. The van der Waals surface area contributed by atoms with Gasteiger partial charge in [0.05, 0.1) is 5.02 Å². The lowest BCUT2D eigenvalue weighted by Crippen LogP contribution is -2.52. The van der Waals surface area contributed by atoms with Crippen molar-refractivity contribution in [1.82, 2.24) is 10.2 Å². The number of benzene rings is 1. The summed E-state index contributed by atoms with van der Waals surface area (Å²) in [6, 6.07) is 5.66. The van der Waals surface area contributed by atoms with Crippen molar-refractivity contribution in [3.8, 4) is 0 Å². The maximum Gasteiger partial charge on any atom is 0.254 e. The van der Waals surface area contributed by atoms with E-state index >= 15 is 0 Å². The van der Waals surface area contributed by atoms with E-state index in [1.807, 2.05) is 11.0 Å². The second-order valence-corrected chi connectivity index (χ2v) is 5.75. The molecule has 0 bridgehead atoms. The van der Waals surface area contributed by atoms with Crippen LogP contribution in [-0.4, -0.2) is 36.5 Å². The van der Waals surface area contributed by atoms with Crippen LogP contribution >= 0.6 is 46.6 Å². The molecular formula is C12H15Cl2IN2O. The number of hydrogen-bond acceptors (Lipinski definition) is 2. The zero-order chi connectivity index (χ0) is 12.4. The van der Waals surface area contributed by atoms with Gasteiger partial charge in [-0.25, -0.2) is 0 Å². The third kappa shape index (κ3) is 3.50. The Morgan fingerprint density at radius 2 is 2.28 bits per heavy atom. The number of nitrogens with one attached hydrogen (secondary N) is 1. The van der Waals surface area contributed by atoms with Gasteiger partial charge in [-0.3, -0.25) is 4.79 Å². The highest BCUT2D eigenvalue weighted by Gasteiger charge is 2.24. The monoisotopic (exact) mass is 400 g/mol. The smallest absolute Gasteiger partial charge is 0.254 e. The molecule has 1 aromatic rings. The van der Waals surface area contributed by atoms with Gasteiger partial charge in [-0.2, -0.15) is 0 Å². The van der Waals surface area contributed by atoms with Crippen molar-refractivity contribution in [2.24, 2.45) is 0 Å². The summed E-state index contributed by atoms with van der Waals surface area (Å²) >= 11 is 8.10. The molecule has 1 amide bonds. The van der Waals surface area contributed by atoms with Crippen LogP contribution in [0.15, 0.2) is 18.2 Å². The number of hydrogen-bond donors (Lipinski definition) is 1. The predicted octanol–water partition coefficient (Wildman–Crippen LogP) is 2.80. The van der Waals surface area contributed by atoms with Crippen molar-refractivity contribution in [3.05, 3.63) is 32.4 Å². The number of nitrogens with zero attached hydrogens (tertiary/aromatic N) is 1. The van der Waals surface area contributed by atoms with E-state index < -0.39 is 0 Å². The molecule has 1 heterocycles. The number of rotatable bonds is 1. The van der Waals surface area contributed by atoms with E-state index in [9.17, 15) is 4.79 Å². The average Bonchev–Trinajstić information content (AvgIpc) is 2.32. The van der Waals surface area contributed by atoms with Crippen LogP contribution in [0.5, 0.6) is 0 Å². The Kier molecular flexibility index (Phi) is 6.17. The lowest BCUT2D eigenvalue weighted by Gasteiger charge is -2.34. The molecule has 0 aliphatic carbocycles. The Bertz CT molecular complexity index is 442. The van der Waals surface area contributed by atoms with Crippen LogP contribution in [0.25, 0.3) is 0 Å². The highest BCUT2D eigenvalue weighted by molar-refractivity contribution is 14.1. The third-order valence-corrected chi connectivity index (χ3v) is 4.47. The van der Waals surface area contributed by atoms with E-state index in [0.29, 0.717) is 10.6 Å². The number of carbonyl (C=O) groups is 1. The van der Waals surface area contributed by atoms with Crippen molar-refractivity contribution < 1.29 is 4.79 Å². The minimum absolute atomic E-state index is 0. The van der Waals surface area contributed by atoms with Crippen molar-refractivity contribution in [2.45, 2.75) is 13.0 Å². The summed E-state index contributed by atoms with van der Waals surface area (Å²) in [6.07, 6.45) is 0. The SMILES string of the molecule is C[C@@H]1CNCCN1C(=O)c1ccc(Cl)c(I)c1.Cl. The van der Waals surface area contributed by atoms with Crippen LogP contribution < -0.4 is 5.32 Å². The second kappa shape index (κ2) is 6.93. The molecule has 1 N–H and O–H groups in total. The highest BCUT2D eigenvalue weighted by Crippen LogP contribution is 2.21. The van der Waals surface area contributed by atoms with Crippen molar-refractivity contribution in [2.75, 3.05) is 19.6 Å². The summed E-state index contributed by atoms with van der Waals surface area (Å²) in [6.45, 7) is 4.54. The van der Waals surface area contributed by atoms with Crippen LogP contribution in [0.1, 0.15) is 17.3 Å². The van der Waals surface area contributed by atoms with Crippen LogP contribution in [-0.2, 0) is 0 Å². The van der Waals surface area contributed by atoms with Gasteiger partial charge in [-0.05, 0) is 47.7 Å². The highest BCUT2D eigenvalue weighted by atomic mass is 127. The molecule has 0 aromatic heterocycles. The maximum atomic E-state index is 12.3. The summed E-state index contributed by atoms with van der Waals surface area (Å²) in [7, 11) is 0. The Morgan fingerprint density at radius 3 is 2.89 bits per heavy atom. The van der Waals surface area contributed by atoms with E-state index in [-0.39, 0.29) is 24.4 Å². The first-order valence-corrected chi connectivity index (χ1v) is 7.02. The molecule has 0 unspecified atom stereocenters. The van der Waals surface area contributed by atoms with Gasteiger partial charge in [0.1, 0.15) is 0 Å². The van der Waals surface area contributed by atoms with Crippen LogP contribution in [0.2, 0.25) is 5.02 Å². The standard InChI is InChI=1S/C12H14ClIN2O.ClH/c1-8-7-15-4-5-16(8)12(17)9-2-3-10(13)11(14)6-9;/h2-3,6,8,15H,4-5,7H2,1H3;1H/t8-;/m1./s1. The zero-order valence-corrected chi connectivity index (χ0v) is 13.7. The van der Waals surface area contributed by atoms with E-state index in [1.165, 1.54) is 0 Å². The largest absolute Gasteiger partial charge is 0.333 e. The van der Waals surface area contributed by atoms with Crippen molar-refractivity contribution >= 4 is 52.5 Å². The lowest BCUT2D eigenvalue weighted by atomic mass is 10.1. The van der Waals surface area contributed by atoms with E-state index in [2.05, 4.69) is 34.8 Å². The Hall–Kier alpha value is -0.0400. The van der Waals surface area contributed by atoms with Gasteiger partial charge in [0, 0.05) is 34.8 Å². The average molecular weight is 401 g/mol. The molecular weight excluding hydrogens is 386 g/mol. The third-order valence-electron chi connectivity index (χ3n) is 2.93. The summed E-state index contributed by atoms with van der Waals surface area (Å²) in [4.78, 5) is 14.2. The minimum atomic E-state index is 0. The lowest BCUT2D eigenvalue weighted by molar-refractivity contribution is 0.0655. The van der Waals surface area contributed by atoms with Gasteiger partial charge < -0.3 is 10.2 Å². The molecule has 1 fully saturated rings. The summed E-state index contributed by atoms with van der Waals surface area (Å²) < 4.78 is 0.915. The summed E-state index contributed by atoms with van der Waals surface area (Å²) in [5.41, 5.74) is 0.715.